The third kappa shape index (κ3) is 6.07. The fraction of sp³-hybridized carbons (Fsp3) is 0.680. The number of nitrogens with one attached hydrogen (secondary N) is 2. The van der Waals surface area contributed by atoms with Gasteiger partial charge in [-0.3, -0.25) is 9.80 Å². The Kier molecular flexibility index (Phi) is 7.17. The number of carbonyl (C=O) groups excluding carboxylic acids is 2. The first-order chi connectivity index (χ1) is 17.5. The van der Waals surface area contributed by atoms with Crippen LogP contribution in [0.3, 0.4) is 0 Å². The molecule has 2 atom stereocenters. The number of H-pyrrole nitrogens is 2. The van der Waals surface area contributed by atoms with Crippen LogP contribution in [0.1, 0.15) is 96.7 Å². The van der Waals surface area contributed by atoms with E-state index in [0.717, 1.165) is 0 Å². The summed E-state index contributed by atoms with van der Waals surface area (Å²) in [6, 6.07) is -1.13. The number of rotatable bonds is 3. The van der Waals surface area contributed by atoms with E-state index in [0.29, 0.717) is 44.6 Å². The van der Waals surface area contributed by atoms with Gasteiger partial charge in [-0.2, -0.15) is 13.2 Å². The highest BCUT2D eigenvalue weighted by atomic mass is 19.4. The van der Waals surface area contributed by atoms with Crippen molar-refractivity contribution in [2.24, 2.45) is 0 Å². The van der Waals surface area contributed by atoms with Gasteiger partial charge in [0, 0.05) is 13.1 Å². The zero-order valence-electron chi connectivity index (χ0n) is 22.5. The summed E-state index contributed by atoms with van der Waals surface area (Å²) in [5.74, 6) is 0.395. The predicted octanol–water partition coefficient (Wildman–Crippen LogP) is 5.96. The molecule has 2 fully saturated rings. The molecule has 0 bridgehead atoms. The Labute approximate surface area is 219 Å². The molecule has 4 heterocycles. The van der Waals surface area contributed by atoms with Crippen molar-refractivity contribution >= 4 is 12.2 Å². The third-order valence-electron chi connectivity index (χ3n) is 6.25. The van der Waals surface area contributed by atoms with Crippen LogP contribution >= 0.6 is 0 Å². The standard InChI is InChI=1S/C25H35F3N6O4/c1-23(2,3)37-21(35)33-11-7-9-15(33)19-29-13-14(30-19)17-18(25(26,27)28)32-20(31-17)16-10-8-12-34(16)22(36)38-24(4,5)6/h13,15-16H,7-12H2,1-6H3,(H,29,30)(H,31,32)/t15-,16-/m0/s1. The predicted molar refractivity (Wildman–Crippen MR) is 131 cm³/mol. The Morgan fingerprint density at radius 2 is 1.37 bits per heavy atom. The molecule has 13 heteroatoms. The number of alkyl halides is 3. The van der Waals surface area contributed by atoms with E-state index in [1.807, 2.05) is 0 Å². The normalized spacial score (nSPS) is 20.8. The molecule has 0 unspecified atom stereocenters. The second kappa shape index (κ2) is 9.81. The molecule has 0 aromatic carbocycles. The van der Waals surface area contributed by atoms with Crippen LogP contribution in [0.5, 0.6) is 0 Å². The van der Waals surface area contributed by atoms with Gasteiger partial charge in [0.25, 0.3) is 0 Å². The van der Waals surface area contributed by atoms with Gasteiger partial charge >= 0.3 is 18.4 Å². The fourth-order valence-corrected chi connectivity index (χ4v) is 4.76. The van der Waals surface area contributed by atoms with Crippen molar-refractivity contribution in [3.05, 3.63) is 23.5 Å². The molecule has 2 aliphatic rings. The molecule has 2 aromatic heterocycles. The molecule has 2 amide bonds. The van der Waals surface area contributed by atoms with Crippen LogP contribution in [0.15, 0.2) is 6.20 Å². The summed E-state index contributed by atoms with van der Waals surface area (Å²) < 4.78 is 53.1. The van der Waals surface area contributed by atoms with Crippen molar-refractivity contribution in [3.63, 3.8) is 0 Å². The van der Waals surface area contributed by atoms with Gasteiger partial charge in [0.1, 0.15) is 22.9 Å². The van der Waals surface area contributed by atoms with Crippen molar-refractivity contribution in [3.8, 4) is 11.4 Å². The lowest BCUT2D eigenvalue weighted by molar-refractivity contribution is -0.140. The minimum Gasteiger partial charge on any atom is -0.444 e. The number of carbonyl (C=O) groups is 2. The molecule has 210 valence electrons. The molecule has 4 rings (SSSR count). The molecule has 0 radical (unpaired) electrons. The monoisotopic (exact) mass is 540 g/mol. The molecule has 38 heavy (non-hydrogen) atoms. The van der Waals surface area contributed by atoms with E-state index in [1.54, 1.807) is 41.5 Å². The van der Waals surface area contributed by atoms with Gasteiger partial charge in [-0.25, -0.2) is 19.6 Å². The Hall–Kier alpha value is -3.25. The van der Waals surface area contributed by atoms with Crippen LogP contribution in [-0.4, -0.2) is 66.2 Å². The number of halogens is 3. The van der Waals surface area contributed by atoms with Gasteiger partial charge in [0.2, 0.25) is 0 Å². The molecule has 2 N–H and O–H groups in total. The first kappa shape index (κ1) is 27.8. The van der Waals surface area contributed by atoms with Gasteiger partial charge < -0.3 is 19.4 Å². The summed E-state index contributed by atoms with van der Waals surface area (Å²) in [6.07, 6.45) is -2.18. The van der Waals surface area contributed by atoms with Crippen molar-refractivity contribution in [1.29, 1.82) is 0 Å². The molecule has 2 aliphatic heterocycles. The Morgan fingerprint density at radius 1 is 0.868 bits per heavy atom. The lowest BCUT2D eigenvalue weighted by Crippen LogP contribution is -2.36. The maximum atomic E-state index is 14.1. The highest BCUT2D eigenvalue weighted by Gasteiger charge is 2.42. The van der Waals surface area contributed by atoms with Crippen LogP contribution in [-0.2, 0) is 15.7 Å². The molecule has 2 saturated heterocycles. The Bertz CT molecular complexity index is 1180. The van der Waals surface area contributed by atoms with E-state index >= 15 is 0 Å². The van der Waals surface area contributed by atoms with Gasteiger partial charge in [0.15, 0.2) is 5.69 Å². The second-order valence-corrected chi connectivity index (χ2v) is 11.7. The number of nitrogens with zero attached hydrogens (tertiary/aromatic N) is 4. The molecule has 0 aliphatic carbocycles. The number of amides is 2. The highest BCUT2D eigenvalue weighted by Crippen LogP contribution is 2.40. The van der Waals surface area contributed by atoms with Gasteiger partial charge in [-0.15, -0.1) is 0 Å². The summed E-state index contributed by atoms with van der Waals surface area (Å²) in [5, 5.41) is 0. The van der Waals surface area contributed by atoms with Crippen molar-refractivity contribution in [2.75, 3.05) is 13.1 Å². The fourth-order valence-electron chi connectivity index (χ4n) is 4.76. The lowest BCUT2D eigenvalue weighted by Gasteiger charge is -2.27. The first-order valence-electron chi connectivity index (χ1n) is 12.7. The number of likely N-dealkylation sites (tertiary alicyclic amines) is 2. The first-order valence-corrected chi connectivity index (χ1v) is 12.7. The van der Waals surface area contributed by atoms with Crippen LogP contribution in [0.25, 0.3) is 11.4 Å². The summed E-state index contributed by atoms with van der Waals surface area (Å²) in [5.41, 5.74) is -2.71. The molecule has 2 aromatic rings. The van der Waals surface area contributed by atoms with E-state index in [2.05, 4.69) is 19.9 Å². The highest BCUT2D eigenvalue weighted by molar-refractivity contribution is 5.70. The van der Waals surface area contributed by atoms with Crippen LogP contribution in [0.4, 0.5) is 22.8 Å². The summed E-state index contributed by atoms with van der Waals surface area (Å²) >= 11 is 0. The summed E-state index contributed by atoms with van der Waals surface area (Å²) in [7, 11) is 0. The van der Waals surface area contributed by atoms with Gasteiger partial charge in [0.05, 0.1) is 29.7 Å². The van der Waals surface area contributed by atoms with E-state index in [4.69, 9.17) is 9.47 Å². The van der Waals surface area contributed by atoms with Crippen molar-refractivity contribution in [2.45, 2.75) is 96.7 Å². The number of hydrogen-bond donors (Lipinski definition) is 2. The Morgan fingerprint density at radius 3 is 1.84 bits per heavy atom. The average molecular weight is 541 g/mol. The zero-order chi connectivity index (χ0) is 28.0. The minimum atomic E-state index is -4.75. The number of hydrogen-bond acceptors (Lipinski definition) is 6. The molecular weight excluding hydrogens is 505 g/mol. The average Bonchev–Trinajstić information content (AvgIpc) is 3.56. The maximum absolute atomic E-state index is 14.1. The summed E-state index contributed by atoms with van der Waals surface area (Å²) in [6.45, 7) is 11.3. The molecule has 0 spiro atoms. The van der Waals surface area contributed by atoms with Crippen LogP contribution in [0.2, 0.25) is 0 Å². The van der Waals surface area contributed by atoms with Gasteiger partial charge in [-0.05, 0) is 67.2 Å². The van der Waals surface area contributed by atoms with Crippen LogP contribution in [0, 0.1) is 0 Å². The number of aromatic nitrogens is 4. The molecular formula is C25H35F3N6O4. The van der Waals surface area contributed by atoms with Crippen molar-refractivity contribution < 1.29 is 32.2 Å². The summed E-state index contributed by atoms with van der Waals surface area (Å²) in [4.78, 5) is 42.3. The lowest BCUT2D eigenvalue weighted by atomic mass is 10.2. The number of ether oxygens (including phenoxy) is 2. The van der Waals surface area contributed by atoms with Crippen molar-refractivity contribution in [1.82, 2.24) is 29.7 Å². The van der Waals surface area contributed by atoms with E-state index in [9.17, 15) is 22.8 Å². The maximum Gasteiger partial charge on any atom is 0.435 e. The number of aromatic amines is 2. The molecule has 0 saturated carbocycles. The minimum absolute atomic E-state index is 0.0306. The zero-order valence-corrected chi connectivity index (χ0v) is 22.5. The topological polar surface area (TPSA) is 116 Å². The van der Waals surface area contributed by atoms with E-state index in [1.165, 1.54) is 16.0 Å². The quantitative estimate of drug-likeness (QED) is 0.496. The second-order valence-electron chi connectivity index (χ2n) is 11.7. The SMILES string of the molecule is CC(C)(C)OC(=O)N1CCC[C@H]1c1ncc(-c2[nH]c([C@@H]3CCCN3C(=O)OC(C)(C)C)nc2C(F)(F)F)[nH]1. The number of imidazole rings is 2. The smallest absolute Gasteiger partial charge is 0.435 e. The van der Waals surface area contributed by atoms with E-state index < -0.39 is 47.3 Å². The third-order valence-corrected chi connectivity index (χ3v) is 6.25. The molecule has 10 nitrogen and oxygen atoms in total. The van der Waals surface area contributed by atoms with E-state index in [-0.39, 0.29) is 17.2 Å². The Balaban J connectivity index is 1.63. The van der Waals surface area contributed by atoms with Crippen LogP contribution < -0.4 is 0 Å². The largest absolute Gasteiger partial charge is 0.444 e. The van der Waals surface area contributed by atoms with Gasteiger partial charge in [-0.1, -0.05) is 0 Å².